The molecule has 1 unspecified atom stereocenters. The Morgan fingerprint density at radius 3 is 2.68 bits per heavy atom. The summed E-state index contributed by atoms with van der Waals surface area (Å²) in [4.78, 5) is 11.2. The second kappa shape index (κ2) is 6.63. The molecule has 4 nitrogen and oxygen atoms in total. The Morgan fingerprint density at radius 2 is 2.21 bits per heavy atom. The van der Waals surface area contributed by atoms with E-state index in [-0.39, 0.29) is 12.2 Å². The van der Waals surface area contributed by atoms with E-state index in [9.17, 15) is 14.3 Å². The highest BCUT2D eigenvalue weighted by Gasteiger charge is 2.20. The number of ether oxygens (including phenoxy) is 1. The number of aliphatic hydroxyl groups excluding tert-OH is 1. The van der Waals surface area contributed by atoms with Crippen molar-refractivity contribution < 1.29 is 19.0 Å². The zero-order valence-corrected chi connectivity index (χ0v) is 11.5. The van der Waals surface area contributed by atoms with Crippen LogP contribution < -0.4 is 5.32 Å². The summed E-state index contributed by atoms with van der Waals surface area (Å²) in [6.45, 7) is 4.28. The summed E-state index contributed by atoms with van der Waals surface area (Å²) in [7, 11) is 1.21. The standard InChI is InChI=1S/C14H20FNO3/c1-4-14(2,9-17)16-8-10-5-6-11(12(15)7-10)13(18)19-3/h5-7,16-17H,4,8-9H2,1-3H3. The molecule has 5 heteroatoms. The van der Waals surface area contributed by atoms with Gasteiger partial charge in [-0.25, -0.2) is 9.18 Å². The molecule has 1 atom stereocenters. The zero-order chi connectivity index (χ0) is 14.5. The first-order valence-electron chi connectivity index (χ1n) is 6.18. The van der Waals surface area contributed by atoms with E-state index in [0.29, 0.717) is 12.1 Å². The molecule has 0 saturated carbocycles. The van der Waals surface area contributed by atoms with Crippen molar-refractivity contribution in [2.45, 2.75) is 32.4 Å². The first kappa shape index (κ1) is 15.6. The Labute approximate surface area is 112 Å². The van der Waals surface area contributed by atoms with E-state index in [1.165, 1.54) is 19.2 Å². The van der Waals surface area contributed by atoms with Crippen LogP contribution in [0.1, 0.15) is 36.2 Å². The fourth-order valence-corrected chi connectivity index (χ4v) is 1.55. The highest BCUT2D eigenvalue weighted by molar-refractivity contribution is 5.89. The van der Waals surface area contributed by atoms with Gasteiger partial charge < -0.3 is 15.2 Å². The van der Waals surface area contributed by atoms with Gasteiger partial charge in [-0.1, -0.05) is 13.0 Å². The van der Waals surface area contributed by atoms with Gasteiger partial charge in [0.05, 0.1) is 19.3 Å². The summed E-state index contributed by atoms with van der Waals surface area (Å²) in [5, 5.41) is 12.4. The molecule has 0 aromatic heterocycles. The molecule has 1 aromatic rings. The number of halogens is 1. The largest absolute Gasteiger partial charge is 0.465 e. The van der Waals surface area contributed by atoms with E-state index in [1.807, 2.05) is 13.8 Å². The number of methoxy groups -OCH3 is 1. The number of hydrogen-bond acceptors (Lipinski definition) is 4. The zero-order valence-electron chi connectivity index (χ0n) is 11.5. The van der Waals surface area contributed by atoms with E-state index in [1.54, 1.807) is 6.07 Å². The molecule has 0 bridgehead atoms. The monoisotopic (exact) mass is 269 g/mol. The van der Waals surface area contributed by atoms with Crippen molar-refractivity contribution >= 4 is 5.97 Å². The Bertz CT molecular complexity index is 444. The molecule has 106 valence electrons. The average Bonchev–Trinajstić information content (AvgIpc) is 2.44. The predicted molar refractivity (Wildman–Crippen MR) is 70.4 cm³/mol. The van der Waals surface area contributed by atoms with Crippen molar-refractivity contribution in [3.8, 4) is 0 Å². The second-order valence-corrected chi connectivity index (χ2v) is 4.73. The Balaban J connectivity index is 2.77. The number of carbonyl (C=O) groups is 1. The second-order valence-electron chi connectivity index (χ2n) is 4.73. The lowest BCUT2D eigenvalue weighted by atomic mass is 9.99. The molecule has 0 spiro atoms. The van der Waals surface area contributed by atoms with Crippen LogP contribution in [0, 0.1) is 5.82 Å². The molecular weight excluding hydrogens is 249 g/mol. The summed E-state index contributed by atoms with van der Waals surface area (Å²) in [5.41, 5.74) is 0.238. The third-order valence-electron chi connectivity index (χ3n) is 3.29. The van der Waals surface area contributed by atoms with Gasteiger partial charge in [0, 0.05) is 12.1 Å². The number of benzene rings is 1. The highest BCUT2D eigenvalue weighted by atomic mass is 19.1. The van der Waals surface area contributed by atoms with Crippen molar-refractivity contribution in [3.63, 3.8) is 0 Å². The lowest BCUT2D eigenvalue weighted by Crippen LogP contribution is -2.44. The molecule has 0 amide bonds. The molecule has 0 fully saturated rings. The molecule has 0 radical (unpaired) electrons. The summed E-state index contributed by atoms with van der Waals surface area (Å²) in [6.07, 6.45) is 0.756. The maximum atomic E-state index is 13.7. The topological polar surface area (TPSA) is 58.6 Å². The fraction of sp³-hybridized carbons (Fsp3) is 0.500. The van der Waals surface area contributed by atoms with Gasteiger partial charge in [0.2, 0.25) is 0 Å². The number of esters is 1. The van der Waals surface area contributed by atoms with E-state index in [0.717, 1.165) is 6.42 Å². The minimum Gasteiger partial charge on any atom is -0.465 e. The van der Waals surface area contributed by atoms with Crippen molar-refractivity contribution in [2.75, 3.05) is 13.7 Å². The lowest BCUT2D eigenvalue weighted by Gasteiger charge is -2.27. The van der Waals surface area contributed by atoms with E-state index >= 15 is 0 Å². The van der Waals surface area contributed by atoms with Gasteiger partial charge in [0.1, 0.15) is 5.82 Å². The van der Waals surface area contributed by atoms with Crippen LogP contribution in [0.2, 0.25) is 0 Å². The van der Waals surface area contributed by atoms with Crippen LogP contribution in [0.15, 0.2) is 18.2 Å². The quantitative estimate of drug-likeness (QED) is 0.774. The summed E-state index contributed by atoms with van der Waals surface area (Å²) >= 11 is 0. The van der Waals surface area contributed by atoms with Gasteiger partial charge in [-0.3, -0.25) is 0 Å². The number of nitrogens with one attached hydrogen (secondary N) is 1. The summed E-state index contributed by atoms with van der Waals surface area (Å²) in [5.74, 6) is -1.29. The summed E-state index contributed by atoms with van der Waals surface area (Å²) < 4.78 is 18.2. The van der Waals surface area contributed by atoms with Gasteiger partial charge >= 0.3 is 5.97 Å². The molecule has 0 heterocycles. The maximum absolute atomic E-state index is 13.7. The molecule has 0 aliphatic heterocycles. The van der Waals surface area contributed by atoms with Gasteiger partial charge in [-0.15, -0.1) is 0 Å². The van der Waals surface area contributed by atoms with Crippen molar-refractivity contribution in [3.05, 3.63) is 35.1 Å². The Hall–Kier alpha value is -1.46. The average molecular weight is 269 g/mol. The molecule has 2 N–H and O–H groups in total. The minimum absolute atomic E-state index is 0.00618. The van der Waals surface area contributed by atoms with Gasteiger partial charge in [-0.2, -0.15) is 0 Å². The summed E-state index contributed by atoms with van der Waals surface area (Å²) in [6, 6.07) is 4.36. The smallest absolute Gasteiger partial charge is 0.340 e. The first-order valence-corrected chi connectivity index (χ1v) is 6.18. The number of aliphatic hydroxyl groups is 1. The highest BCUT2D eigenvalue weighted by Crippen LogP contribution is 2.14. The lowest BCUT2D eigenvalue weighted by molar-refractivity contribution is 0.0595. The molecule has 0 saturated heterocycles. The molecule has 0 aliphatic carbocycles. The van der Waals surface area contributed by atoms with Gasteiger partial charge in [0.25, 0.3) is 0 Å². The maximum Gasteiger partial charge on any atom is 0.340 e. The van der Waals surface area contributed by atoms with Crippen LogP contribution in [0.5, 0.6) is 0 Å². The van der Waals surface area contributed by atoms with Gasteiger partial charge in [0.15, 0.2) is 0 Å². The SMILES string of the molecule is CCC(C)(CO)NCc1ccc(C(=O)OC)c(F)c1. The first-order chi connectivity index (χ1) is 8.95. The number of carbonyl (C=O) groups excluding carboxylic acids is 1. The van der Waals surface area contributed by atoms with Crippen molar-refractivity contribution in [2.24, 2.45) is 0 Å². The molecular formula is C14H20FNO3. The van der Waals surface area contributed by atoms with Crippen LogP contribution in [-0.4, -0.2) is 30.3 Å². The van der Waals surface area contributed by atoms with Gasteiger partial charge in [-0.05, 0) is 31.0 Å². The van der Waals surface area contributed by atoms with Crippen LogP contribution in [-0.2, 0) is 11.3 Å². The van der Waals surface area contributed by atoms with Crippen LogP contribution >= 0.6 is 0 Å². The Morgan fingerprint density at radius 1 is 1.53 bits per heavy atom. The molecule has 0 aliphatic rings. The minimum atomic E-state index is -0.689. The number of rotatable bonds is 6. The van der Waals surface area contributed by atoms with E-state index < -0.39 is 17.3 Å². The third-order valence-corrected chi connectivity index (χ3v) is 3.29. The van der Waals surface area contributed by atoms with Crippen LogP contribution in [0.4, 0.5) is 4.39 Å². The predicted octanol–water partition coefficient (Wildman–Crippen LogP) is 1.86. The molecule has 1 rings (SSSR count). The van der Waals surface area contributed by atoms with E-state index in [4.69, 9.17) is 0 Å². The van der Waals surface area contributed by atoms with Crippen molar-refractivity contribution in [1.29, 1.82) is 0 Å². The van der Waals surface area contributed by atoms with Crippen molar-refractivity contribution in [1.82, 2.24) is 5.32 Å². The fourth-order valence-electron chi connectivity index (χ4n) is 1.55. The number of hydrogen-bond donors (Lipinski definition) is 2. The van der Waals surface area contributed by atoms with Crippen LogP contribution in [0.25, 0.3) is 0 Å². The Kier molecular flexibility index (Phi) is 5.44. The van der Waals surface area contributed by atoms with Crippen LogP contribution in [0.3, 0.4) is 0 Å². The third kappa shape index (κ3) is 4.01. The van der Waals surface area contributed by atoms with E-state index in [2.05, 4.69) is 10.1 Å². The molecule has 1 aromatic carbocycles. The molecule has 19 heavy (non-hydrogen) atoms. The normalized spacial score (nSPS) is 13.9.